The summed E-state index contributed by atoms with van der Waals surface area (Å²) in [4.78, 5) is 17.9. The molecule has 5 nitrogen and oxygen atoms in total. The average molecular weight is 413 g/mol. The normalized spacial score (nSPS) is 18.4. The highest BCUT2D eigenvalue weighted by Crippen LogP contribution is 2.16. The van der Waals surface area contributed by atoms with E-state index in [1.54, 1.807) is 4.90 Å². The summed E-state index contributed by atoms with van der Waals surface area (Å²) >= 11 is 3.27. The number of hydrogen-bond donors (Lipinski definition) is 2. The van der Waals surface area contributed by atoms with E-state index in [1.807, 2.05) is 26.1 Å². The van der Waals surface area contributed by atoms with Gasteiger partial charge in [0.15, 0.2) is 5.96 Å². The molecule has 1 saturated heterocycles. The average Bonchev–Trinajstić information content (AvgIpc) is 2.56. The zero-order valence-corrected chi connectivity index (χ0v) is 16.4. The van der Waals surface area contributed by atoms with Crippen molar-refractivity contribution < 1.29 is 9.18 Å². The van der Waals surface area contributed by atoms with Crippen molar-refractivity contribution in [1.82, 2.24) is 15.5 Å². The predicted octanol–water partition coefficient (Wildman–Crippen LogP) is 2.70. The molecule has 2 rings (SSSR count). The van der Waals surface area contributed by atoms with Crippen LogP contribution in [0, 0.1) is 5.82 Å². The number of likely N-dealkylation sites (tertiary alicyclic amines) is 1. The molecule has 1 amide bonds. The van der Waals surface area contributed by atoms with Gasteiger partial charge in [-0.05, 0) is 43.9 Å². The fourth-order valence-electron chi connectivity index (χ4n) is 2.83. The Balaban J connectivity index is 1.83. The quantitative estimate of drug-likeness (QED) is 0.429. The number of likely N-dealkylation sites (N-methyl/N-ethyl adjacent to an activating group) is 1. The summed E-state index contributed by atoms with van der Waals surface area (Å²) in [6.07, 6.45) is 2.81. The number of nitrogens with zero attached hydrogens (tertiary/aromatic N) is 2. The van der Waals surface area contributed by atoms with Gasteiger partial charge in [-0.3, -0.25) is 9.79 Å². The second-order valence-electron chi connectivity index (χ2n) is 6.25. The van der Waals surface area contributed by atoms with Crippen LogP contribution in [0.2, 0.25) is 0 Å². The molecule has 0 saturated carbocycles. The lowest BCUT2D eigenvalue weighted by Gasteiger charge is -2.31. The van der Waals surface area contributed by atoms with E-state index in [9.17, 15) is 9.18 Å². The first kappa shape index (κ1) is 19.7. The molecular weight excluding hydrogens is 387 g/mol. The van der Waals surface area contributed by atoms with Crippen molar-refractivity contribution in [2.24, 2.45) is 4.99 Å². The number of amides is 1. The number of rotatable bonds is 6. The van der Waals surface area contributed by atoms with E-state index >= 15 is 0 Å². The molecule has 1 fully saturated rings. The Bertz CT molecular complexity index is 623. The molecule has 1 aromatic rings. The van der Waals surface area contributed by atoms with E-state index in [1.165, 1.54) is 6.07 Å². The van der Waals surface area contributed by atoms with Crippen LogP contribution in [0.4, 0.5) is 4.39 Å². The van der Waals surface area contributed by atoms with Crippen LogP contribution in [0.15, 0.2) is 27.7 Å². The molecule has 0 aromatic heterocycles. The minimum atomic E-state index is -0.182. The maximum Gasteiger partial charge on any atom is 0.222 e. The monoisotopic (exact) mass is 412 g/mol. The van der Waals surface area contributed by atoms with Crippen LogP contribution in [0.5, 0.6) is 0 Å². The first-order valence-electron chi connectivity index (χ1n) is 8.72. The lowest BCUT2D eigenvalue weighted by molar-refractivity contribution is -0.132. The van der Waals surface area contributed by atoms with Gasteiger partial charge in [-0.2, -0.15) is 0 Å². The zero-order chi connectivity index (χ0) is 18.2. The number of hydrogen-bond acceptors (Lipinski definition) is 2. The number of halogens is 2. The summed E-state index contributed by atoms with van der Waals surface area (Å²) in [5.41, 5.74) is 0.712. The Kier molecular flexibility index (Phi) is 7.68. The van der Waals surface area contributed by atoms with Crippen LogP contribution < -0.4 is 10.6 Å². The first-order valence-corrected chi connectivity index (χ1v) is 9.51. The third-order valence-corrected chi connectivity index (χ3v) is 4.69. The number of piperidine rings is 1. The van der Waals surface area contributed by atoms with Crippen molar-refractivity contribution >= 4 is 27.8 Å². The molecule has 1 heterocycles. The van der Waals surface area contributed by atoms with Crippen LogP contribution in [0.3, 0.4) is 0 Å². The van der Waals surface area contributed by atoms with Crippen molar-refractivity contribution in [2.45, 2.75) is 38.6 Å². The standard InChI is InChI=1S/C18H26BrFN4O/c1-3-21-18(23-15-8-9-17(25)24(2)12-15)22-10-4-5-13-6-7-14(19)11-16(13)20/h6-7,11,15H,3-5,8-10,12H2,1-2H3,(H2,21,22,23). The second-order valence-corrected chi connectivity index (χ2v) is 7.17. The Morgan fingerprint density at radius 3 is 2.96 bits per heavy atom. The van der Waals surface area contributed by atoms with Gasteiger partial charge in [-0.25, -0.2) is 4.39 Å². The molecule has 1 aliphatic heterocycles. The SMILES string of the molecule is CCNC(=NCCCc1ccc(Br)cc1F)NC1CCC(=O)N(C)C1. The van der Waals surface area contributed by atoms with Gasteiger partial charge < -0.3 is 15.5 Å². The summed E-state index contributed by atoms with van der Waals surface area (Å²) in [5.74, 6) is 0.765. The zero-order valence-electron chi connectivity index (χ0n) is 14.8. The number of nitrogens with one attached hydrogen (secondary N) is 2. The highest BCUT2D eigenvalue weighted by molar-refractivity contribution is 9.10. The van der Waals surface area contributed by atoms with Crippen molar-refractivity contribution in [3.8, 4) is 0 Å². The summed E-state index contributed by atoms with van der Waals surface area (Å²) in [5, 5.41) is 6.62. The molecule has 25 heavy (non-hydrogen) atoms. The molecule has 2 N–H and O–H groups in total. The summed E-state index contributed by atoms with van der Waals surface area (Å²) in [6, 6.07) is 5.37. The van der Waals surface area contributed by atoms with Gasteiger partial charge in [0.05, 0.1) is 0 Å². The molecule has 1 unspecified atom stereocenters. The van der Waals surface area contributed by atoms with Gasteiger partial charge in [-0.1, -0.05) is 22.0 Å². The number of carbonyl (C=O) groups excluding carboxylic acids is 1. The third-order valence-electron chi connectivity index (χ3n) is 4.20. The Morgan fingerprint density at radius 1 is 1.48 bits per heavy atom. The van der Waals surface area contributed by atoms with Crippen molar-refractivity contribution in [1.29, 1.82) is 0 Å². The molecular formula is C18H26BrFN4O. The fraction of sp³-hybridized carbons (Fsp3) is 0.556. The molecule has 0 spiro atoms. The van der Waals surface area contributed by atoms with Gasteiger partial charge in [0.1, 0.15) is 5.82 Å². The summed E-state index contributed by atoms with van der Waals surface area (Å²) < 4.78 is 14.6. The molecule has 1 aliphatic rings. The van der Waals surface area contributed by atoms with Gasteiger partial charge >= 0.3 is 0 Å². The number of guanidine groups is 1. The van der Waals surface area contributed by atoms with E-state index < -0.39 is 0 Å². The maximum atomic E-state index is 13.8. The largest absolute Gasteiger partial charge is 0.357 e. The predicted molar refractivity (Wildman–Crippen MR) is 102 cm³/mol. The van der Waals surface area contributed by atoms with E-state index in [-0.39, 0.29) is 17.8 Å². The molecule has 0 radical (unpaired) electrons. The third kappa shape index (κ3) is 6.30. The van der Waals surface area contributed by atoms with Crippen LogP contribution in [0.25, 0.3) is 0 Å². The van der Waals surface area contributed by atoms with Gasteiger partial charge in [0.2, 0.25) is 5.91 Å². The molecule has 7 heteroatoms. The number of carbonyl (C=O) groups is 1. The smallest absolute Gasteiger partial charge is 0.222 e. The van der Waals surface area contributed by atoms with Gasteiger partial charge in [0.25, 0.3) is 0 Å². The lowest BCUT2D eigenvalue weighted by atomic mass is 10.1. The van der Waals surface area contributed by atoms with E-state index in [0.717, 1.165) is 29.8 Å². The van der Waals surface area contributed by atoms with Crippen LogP contribution in [-0.4, -0.2) is 49.5 Å². The maximum absolute atomic E-state index is 13.8. The van der Waals surface area contributed by atoms with Crippen molar-refractivity contribution in [2.75, 3.05) is 26.7 Å². The summed E-state index contributed by atoms with van der Waals surface area (Å²) in [7, 11) is 1.83. The number of aryl methyl sites for hydroxylation is 1. The van der Waals surface area contributed by atoms with Crippen LogP contribution in [-0.2, 0) is 11.2 Å². The Morgan fingerprint density at radius 2 is 2.28 bits per heavy atom. The van der Waals surface area contributed by atoms with Crippen molar-refractivity contribution in [3.63, 3.8) is 0 Å². The Labute approximate surface area is 157 Å². The highest BCUT2D eigenvalue weighted by atomic mass is 79.9. The van der Waals surface area contributed by atoms with E-state index in [2.05, 4.69) is 31.6 Å². The van der Waals surface area contributed by atoms with Crippen molar-refractivity contribution in [3.05, 3.63) is 34.1 Å². The topological polar surface area (TPSA) is 56.7 Å². The molecule has 138 valence electrons. The van der Waals surface area contributed by atoms with Gasteiger partial charge in [0, 0.05) is 43.6 Å². The minimum absolute atomic E-state index is 0.182. The molecule has 0 bridgehead atoms. The summed E-state index contributed by atoms with van der Waals surface area (Å²) in [6.45, 7) is 4.10. The number of aliphatic imine (C=N–C) groups is 1. The number of benzene rings is 1. The molecule has 0 aliphatic carbocycles. The van der Waals surface area contributed by atoms with E-state index in [4.69, 9.17) is 0 Å². The minimum Gasteiger partial charge on any atom is -0.357 e. The second kappa shape index (κ2) is 9.75. The highest BCUT2D eigenvalue weighted by Gasteiger charge is 2.23. The van der Waals surface area contributed by atoms with Crippen LogP contribution >= 0.6 is 15.9 Å². The molecule has 1 aromatic carbocycles. The molecule has 1 atom stereocenters. The van der Waals surface area contributed by atoms with Gasteiger partial charge in [-0.15, -0.1) is 0 Å². The Hall–Kier alpha value is -1.63. The fourth-order valence-corrected chi connectivity index (χ4v) is 3.16. The first-order chi connectivity index (χ1) is 12.0. The lowest BCUT2D eigenvalue weighted by Crippen LogP contribution is -2.51. The van der Waals surface area contributed by atoms with Crippen LogP contribution in [0.1, 0.15) is 31.7 Å². The van der Waals surface area contributed by atoms with E-state index in [0.29, 0.717) is 31.5 Å².